The van der Waals surface area contributed by atoms with Gasteiger partial charge in [0.1, 0.15) is 35.7 Å². The highest BCUT2D eigenvalue weighted by molar-refractivity contribution is 5.87. The van der Waals surface area contributed by atoms with E-state index in [1.807, 2.05) is 0 Å². The third kappa shape index (κ3) is 4.04. The monoisotopic (exact) mass is 412 g/mol. The number of rotatable bonds is 5. The van der Waals surface area contributed by atoms with Crippen LogP contribution in [0, 0.1) is 0 Å². The van der Waals surface area contributed by atoms with Crippen molar-refractivity contribution in [3.05, 3.63) is 28.6 Å². The van der Waals surface area contributed by atoms with E-state index in [0.717, 1.165) is 0 Å². The Labute approximate surface area is 163 Å². The first-order chi connectivity index (χ1) is 13.8. The molecule has 0 aliphatic carbocycles. The lowest BCUT2D eigenvalue weighted by atomic mass is 9.99. The maximum Gasteiger partial charge on any atom is 0.383 e. The van der Waals surface area contributed by atoms with Crippen LogP contribution in [-0.2, 0) is 9.53 Å². The molecule has 1 aliphatic rings. The van der Waals surface area contributed by atoms with Crippen LogP contribution in [0.3, 0.4) is 0 Å². The van der Waals surface area contributed by atoms with Gasteiger partial charge in [-0.05, 0) is 12.1 Å². The second kappa shape index (κ2) is 8.35. The fourth-order valence-corrected chi connectivity index (χ4v) is 2.80. The summed E-state index contributed by atoms with van der Waals surface area (Å²) in [6, 6.07) is 3.87. The van der Waals surface area contributed by atoms with E-state index < -0.39 is 60.4 Å². The molecule has 5 N–H and O–H groups in total. The summed E-state index contributed by atoms with van der Waals surface area (Å²) in [5.74, 6) is -1.92. The van der Waals surface area contributed by atoms with Gasteiger partial charge in [-0.1, -0.05) is 6.92 Å². The molecule has 5 atom stereocenters. The third-order valence-electron chi connectivity index (χ3n) is 4.42. The Morgan fingerprint density at radius 2 is 1.90 bits per heavy atom. The number of hydrogen-bond donors (Lipinski definition) is 5. The molecule has 1 aliphatic heterocycles. The summed E-state index contributed by atoms with van der Waals surface area (Å²) in [5, 5.41) is 49.1. The second-order valence-electron chi connectivity index (χ2n) is 6.37. The van der Waals surface area contributed by atoms with Crippen LogP contribution >= 0.6 is 0 Å². The maximum absolute atomic E-state index is 12.0. The molecule has 0 amide bonds. The van der Waals surface area contributed by atoms with Crippen molar-refractivity contribution >= 4 is 16.9 Å². The van der Waals surface area contributed by atoms with Crippen LogP contribution in [0.15, 0.2) is 27.4 Å². The number of carbonyl (C=O) groups is 1. The number of aromatic hydroxyl groups is 1. The zero-order valence-corrected chi connectivity index (χ0v) is 15.2. The SMILES string of the molecule is CCC(=O)Oc1c(O)c2ccc(O[C@H]3O[C@H](CO)[C@@H](O)[C@H](O)[C@@H]3O)cc2oc1=O. The smallest absolute Gasteiger partial charge is 0.383 e. The average Bonchev–Trinajstić information content (AvgIpc) is 2.71. The van der Waals surface area contributed by atoms with Crippen LogP contribution in [0.25, 0.3) is 11.0 Å². The molecule has 158 valence electrons. The lowest BCUT2D eigenvalue weighted by molar-refractivity contribution is -0.277. The van der Waals surface area contributed by atoms with Crippen molar-refractivity contribution in [1.82, 2.24) is 0 Å². The van der Waals surface area contributed by atoms with E-state index >= 15 is 0 Å². The summed E-state index contributed by atoms with van der Waals surface area (Å²) in [5.41, 5.74) is -1.19. The zero-order valence-electron chi connectivity index (χ0n) is 15.2. The first-order valence-electron chi connectivity index (χ1n) is 8.74. The Morgan fingerprint density at radius 1 is 1.17 bits per heavy atom. The number of aliphatic hydroxyl groups excluding tert-OH is 4. The first-order valence-corrected chi connectivity index (χ1v) is 8.74. The highest BCUT2D eigenvalue weighted by Crippen LogP contribution is 2.34. The minimum absolute atomic E-state index is 0.0111. The van der Waals surface area contributed by atoms with Gasteiger partial charge in [0.05, 0.1) is 12.0 Å². The van der Waals surface area contributed by atoms with E-state index in [4.69, 9.17) is 18.6 Å². The van der Waals surface area contributed by atoms with Gasteiger partial charge in [0.2, 0.25) is 6.29 Å². The highest BCUT2D eigenvalue weighted by atomic mass is 16.7. The summed E-state index contributed by atoms with van der Waals surface area (Å²) in [6.45, 7) is 0.898. The Bertz CT molecular complexity index is 951. The number of fused-ring (bicyclic) bond motifs is 1. The minimum atomic E-state index is -1.63. The topological polar surface area (TPSA) is 176 Å². The van der Waals surface area contributed by atoms with Crippen molar-refractivity contribution < 1.29 is 49.0 Å². The summed E-state index contributed by atoms with van der Waals surface area (Å²) < 4.78 is 20.5. The number of aliphatic hydroxyl groups is 4. The van der Waals surface area contributed by atoms with Gasteiger partial charge in [0.25, 0.3) is 5.75 Å². The normalized spacial score (nSPS) is 27.0. The number of ether oxygens (including phenoxy) is 3. The Kier molecular flexibility index (Phi) is 6.05. The molecule has 1 saturated heterocycles. The lowest BCUT2D eigenvalue weighted by Crippen LogP contribution is -2.60. The van der Waals surface area contributed by atoms with Crippen LogP contribution in [0.2, 0.25) is 0 Å². The molecule has 0 spiro atoms. The van der Waals surface area contributed by atoms with E-state index in [9.17, 15) is 35.1 Å². The lowest BCUT2D eigenvalue weighted by Gasteiger charge is -2.39. The Morgan fingerprint density at radius 3 is 2.55 bits per heavy atom. The molecule has 0 radical (unpaired) electrons. The summed E-state index contributed by atoms with van der Waals surface area (Å²) in [4.78, 5) is 23.4. The number of benzene rings is 1. The van der Waals surface area contributed by atoms with Crippen molar-refractivity contribution in [3.63, 3.8) is 0 Å². The van der Waals surface area contributed by atoms with Gasteiger partial charge < -0.3 is 44.2 Å². The fourth-order valence-electron chi connectivity index (χ4n) is 2.80. The van der Waals surface area contributed by atoms with Crippen LogP contribution in [0.4, 0.5) is 0 Å². The zero-order chi connectivity index (χ0) is 21.3. The highest BCUT2D eigenvalue weighted by Gasteiger charge is 2.44. The van der Waals surface area contributed by atoms with E-state index in [-0.39, 0.29) is 23.1 Å². The average molecular weight is 412 g/mol. The van der Waals surface area contributed by atoms with Gasteiger partial charge in [-0.3, -0.25) is 4.79 Å². The van der Waals surface area contributed by atoms with Crippen molar-refractivity contribution in [1.29, 1.82) is 0 Å². The first kappa shape index (κ1) is 21.0. The molecule has 29 heavy (non-hydrogen) atoms. The molecule has 0 saturated carbocycles. The number of hydrogen-bond acceptors (Lipinski definition) is 11. The van der Waals surface area contributed by atoms with Gasteiger partial charge in [-0.2, -0.15) is 0 Å². The largest absolute Gasteiger partial charge is 0.504 e. The van der Waals surface area contributed by atoms with Gasteiger partial charge in [-0.25, -0.2) is 4.79 Å². The molecule has 11 nitrogen and oxygen atoms in total. The molecule has 2 aromatic rings. The molecule has 11 heteroatoms. The van der Waals surface area contributed by atoms with E-state index in [0.29, 0.717) is 0 Å². The molecular formula is C18H20O11. The molecule has 1 aromatic carbocycles. The van der Waals surface area contributed by atoms with Crippen molar-refractivity contribution in [2.24, 2.45) is 0 Å². The second-order valence-corrected chi connectivity index (χ2v) is 6.37. The van der Waals surface area contributed by atoms with Crippen LogP contribution in [0.5, 0.6) is 17.2 Å². The number of esters is 1. The van der Waals surface area contributed by atoms with E-state index in [1.165, 1.54) is 25.1 Å². The molecular weight excluding hydrogens is 392 g/mol. The minimum Gasteiger partial charge on any atom is -0.504 e. The standard InChI is InChI=1S/C18H20O11/c1-2-11(20)29-16-12(21)8-4-3-7(5-9(8)27-17(16)25)26-18-15(24)14(23)13(22)10(6-19)28-18/h3-5,10,13-15,18-19,21-24H,2,6H2,1H3/t10-,13-,14+,15+,18+/m1/s1. The van der Waals surface area contributed by atoms with Crippen LogP contribution < -0.4 is 15.1 Å². The van der Waals surface area contributed by atoms with Crippen molar-refractivity contribution in [2.75, 3.05) is 6.61 Å². The predicted octanol–water partition coefficient (Wildman–Crippen LogP) is -1.01. The van der Waals surface area contributed by atoms with Gasteiger partial charge in [0, 0.05) is 12.5 Å². The van der Waals surface area contributed by atoms with Gasteiger partial charge in [0.15, 0.2) is 5.75 Å². The molecule has 3 rings (SSSR count). The van der Waals surface area contributed by atoms with Crippen molar-refractivity contribution in [3.8, 4) is 17.2 Å². The quantitative estimate of drug-likeness (QED) is 0.300. The Balaban J connectivity index is 1.89. The fraction of sp³-hybridized carbons (Fsp3) is 0.444. The summed E-state index contributed by atoms with van der Waals surface area (Å²) in [7, 11) is 0. The van der Waals surface area contributed by atoms with E-state index in [2.05, 4.69) is 0 Å². The molecule has 1 aromatic heterocycles. The molecule has 2 heterocycles. The third-order valence-corrected chi connectivity index (χ3v) is 4.42. The predicted molar refractivity (Wildman–Crippen MR) is 94.5 cm³/mol. The maximum atomic E-state index is 12.0. The van der Waals surface area contributed by atoms with Crippen LogP contribution in [-0.4, -0.2) is 68.8 Å². The number of carbonyl (C=O) groups excluding carboxylic acids is 1. The molecule has 0 unspecified atom stereocenters. The summed E-state index contributed by atoms with van der Waals surface area (Å²) >= 11 is 0. The van der Waals surface area contributed by atoms with Crippen molar-refractivity contribution in [2.45, 2.75) is 44.1 Å². The molecule has 0 bridgehead atoms. The van der Waals surface area contributed by atoms with Crippen LogP contribution in [0.1, 0.15) is 13.3 Å². The summed E-state index contributed by atoms with van der Waals surface area (Å²) in [6.07, 6.45) is -7.39. The van der Waals surface area contributed by atoms with E-state index in [1.54, 1.807) is 0 Å². The van der Waals surface area contributed by atoms with Gasteiger partial charge in [-0.15, -0.1) is 0 Å². The Hall–Kier alpha value is -2.70. The molecule has 1 fully saturated rings. The van der Waals surface area contributed by atoms with Gasteiger partial charge >= 0.3 is 11.6 Å².